The molecule has 1 aliphatic rings. The average Bonchev–Trinajstić information content (AvgIpc) is 2.75. The molecule has 1 saturated heterocycles. The van der Waals surface area contributed by atoms with Crippen molar-refractivity contribution in [1.82, 2.24) is 10.6 Å². The molecule has 0 bridgehead atoms. The van der Waals surface area contributed by atoms with Crippen molar-refractivity contribution >= 4 is 40.7 Å². The number of hydrogen-bond donors (Lipinski definition) is 2. The summed E-state index contributed by atoms with van der Waals surface area (Å²) < 4.78 is 11.2. The Morgan fingerprint density at radius 1 is 1.17 bits per heavy atom. The van der Waals surface area contributed by atoms with E-state index in [1.54, 1.807) is 0 Å². The normalized spacial score (nSPS) is 16.3. The molecule has 0 spiro atoms. The summed E-state index contributed by atoms with van der Waals surface area (Å²) in [5, 5.41) is 9.44. The van der Waals surface area contributed by atoms with Gasteiger partial charge in [-0.1, -0.05) is 42.5 Å². The van der Waals surface area contributed by atoms with Gasteiger partial charge in [-0.05, 0) is 48.4 Å². The lowest BCUT2D eigenvalue weighted by Crippen LogP contribution is -2.39. The molecule has 0 saturated carbocycles. The Bertz CT molecular complexity index is 757. The number of benzene rings is 2. The zero-order valence-electron chi connectivity index (χ0n) is 17.5. The summed E-state index contributed by atoms with van der Waals surface area (Å²) in [6, 6.07) is 15.1. The average molecular weight is 511 g/mol. The monoisotopic (exact) mass is 511 g/mol. The van der Waals surface area contributed by atoms with E-state index in [1.807, 2.05) is 7.05 Å². The van der Waals surface area contributed by atoms with Gasteiger partial charge in [-0.25, -0.2) is 0 Å². The molecule has 2 N–H and O–H groups in total. The van der Waals surface area contributed by atoms with Crippen molar-refractivity contribution in [3.05, 3.63) is 48.0 Å². The molecule has 0 aliphatic carbocycles. The first-order valence-corrected chi connectivity index (χ1v) is 10.4. The van der Waals surface area contributed by atoms with Gasteiger partial charge in [-0.3, -0.25) is 4.99 Å². The van der Waals surface area contributed by atoms with Gasteiger partial charge in [-0.15, -0.1) is 24.0 Å². The maximum absolute atomic E-state index is 5.83. The number of ether oxygens (including phenoxy) is 2. The van der Waals surface area contributed by atoms with Crippen molar-refractivity contribution in [2.45, 2.75) is 32.2 Å². The third kappa shape index (κ3) is 7.42. The number of fused-ring (bicyclic) bond motifs is 1. The van der Waals surface area contributed by atoms with Crippen LogP contribution in [-0.2, 0) is 9.47 Å². The van der Waals surface area contributed by atoms with Gasteiger partial charge in [0.05, 0.1) is 6.04 Å². The summed E-state index contributed by atoms with van der Waals surface area (Å²) in [6.07, 6.45) is 3.22. The number of halogens is 1. The number of hydrogen-bond acceptors (Lipinski definition) is 3. The van der Waals surface area contributed by atoms with E-state index in [1.165, 1.54) is 16.3 Å². The Balaban J connectivity index is 0.00000300. The molecule has 5 nitrogen and oxygen atoms in total. The molecule has 160 valence electrons. The van der Waals surface area contributed by atoms with Gasteiger partial charge >= 0.3 is 0 Å². The van der Waals surface area contributed by atoms with Crippen LogP contribution in [0, 0.1) is 5.92 Å². The molecule has 29 heavy (non-hydrogen) atoms. The first-order chi connectivity index (χ1) is 13.8. The fraction of sp³-hybridized carbons (Fsp3) is 0.522. The highest BCUT2D eigenvalue weighted by atomic mass is 127. The van der Waals surface area contributed by atoms with Gasteiger partial charge in [0.25, 0.3) is 0 Å². The molecule has 2 aromatic carbocycles. The molecule has 1 unspecified atom stereocenters. The van der Waals surface area contributed by atoms with Crippen LogP contribution < -0.4 is 10.6 Å². The van der Waals surface area contributed by atoms with Crippen molar-refractivity contribution in [1.29, 1.82) is 0 Å². The van der Waals surface area contributed by atoms with Gasteiger partial charge < -0.3 is 20.1 Å². The second-order valence-electron chi connectivity index (χ2n) is 7.42. The van der Waals surface area contributed by atoms with Crippen LogP contribution in [0.15, 0.2) is 47.5 Å². The van der Waals surface area contributed by atoms with Crippen LogP contribution in [0.5, 0.6) is 0 Å². The summed E-state index contributed by atoms with van der Waals surface area (Å²) in [5.74, 6) is 1.49. The van der Waals surface area contributed by atoms with Gasteiger partial charge in [-0.2, -0.15) is 0 Å². The Kier molecular flexibility index (Phi) is 10.7. The lowest BCUT2D eigenvalue weighted by molar-refractivity contribution is 0.0203. The van der Waals surface area contributed by atoms with Gasteiger partial charge in [0, 0.05) is 40.0 Å². The maximum Gasteiger partial charge on any atom is 0.191 e. The van der Waals surface area contributed by atoms with Crippen LogP contribution in [0.25, 0.3) is 10.8 Å². The fourth-order valence-electron chi connectivity index (χ4n) is 3.65. The fourth-order valence-corrected chi connectivity index (χ4v) is 3.65. The summed E-state index contributed by atoms with van der Waals surface area (Å²) in [6.45, 7) is 6.41. The third-order valence-electron chi connectivity index (χ3n) is 5.32. The number of nitrogens with zero attached hydrogens (tertiary/aromatic N) is 1. The minimum absolute atomic E-state index is 0. The highest BCUT2D eigenvalue weighted by Crippen LogP contribution is 2.23. The smallest absolute Gasteiger partial charge is 0.191 e. The van der Waals surface area contributed by atoms with Crippen molar-refractivity contribution in [3.63, 3.8) is 0 Å². The van der Waals surface area contributed by atoms with E-state index in [-0.39, 0.29) is 30.0 Å². The highest BCUT2D eigenvalue weighted by Gasteiger charge is 2.13. The molecule has 0 radical (unpaired) electrons. The zero-order valence-corrected chi connectivity index (χ0v) is 19.9. The van der Waals surface area contributed by atoms with Crippen LogP contribution in [0.4, 0.5) is 0 Å². The van der Waals surface area contributed by atoms with Gasteiger partial charge in [0.15, 0.2) is 5.96 Å². The lowest BCUT2D eigenvalue weighted by Gasteiger charge is -2.22. The van der Waals surface area contributed by atoms with Crippen molar-refractivity contribution in [3.8, 4) is 0 Å². The van der Waals surface area contributed by atoms with E-state index in [0.29, 0.717) is 5.92 Å². The lowest BCUT2D eigenvalue weighted by atomic mass is 10.00. The molecule has 3 rings (SSSR count). The minimum atomic E-state index is 0. The van der Waals surface area contributed by atoms with Crippen LogP contribution >= 0.6 is 24.0 Å². The Morgan fingerprint density at radius 2 is 1.93 bits per heavy atom. The summed E-state index contributed by atoms with van der Waals surface area (Å²) in [5.41, 5.74) is 1.28. The molecule has 2 aromatic rings. The van der Waals surface area contributed by atoms with E-state index in [0.717, 1.165) is 58.2 Å². The molecule has 1 atom stereocenters. The number of nitrogens with one attached hydrogen (secondary N) is 2. The van der Waals surface area contributed by atoms with E-state index < -0.39 is 0 Å². The van der Waals surface area contributed by atoms with Gasteiger partial charge in [0.2, 0.25) is 0 Å². The molecule has 0 aromatic heterocycles. The molecule has 6 heteroatoms. The highest BCUT2D eigenvalue weighted by molar-refractivity contribution is 14.0. The first-order valence-electron chi connectivity index (χ1n) is 10.4. The topological polar surface area (TPSA) is 54.9 Å². The van der Waals surface area contributed by atoms with Gasteiger partial charge in [0.1, 0.15) is 0 Å². The minimum Gasteiger partial charge on any atom is -0.381 e. The van der Waals surface area contributed by atoms with E-state index >= 15 is 0 Å². The Morgan fingerprint density at radius 3 is 2.72 bits per heavy atom. The van der Waals surface area contributed by atoms with Crippen molar-refractivity contribution in [2.75, 3.05) is 40.0 Å². The predicted octanol–water partition coefficient (Wildman–Crippen LogP) is 4.52. The standard InChI is InChI=1S/C23H33N3O2.HI/c1-18(21-10-5-8-20-7-3-4-9-22(20)21)26-23(24-2)25-13-6-14-28-17-19-11-15-27-16-12-19;/h3-5,7-10,18-19H,6,11-17H2,1-2H3,(H2,24,25,26);1H. The van der Waals surface area contributed by atoms with E-state index in [2.05, 4.69) is 65.0 Å². The molecular weight excluding hydrogens is 477 g/mol. The van der Waals surface area contributed by atoms with E-state index in [9.17, 15) is 0 Å². The number of aliphatic imine (C=N–C) groups is 1. The third-order valence-corrected chi connectivity index (χ3v) is 5.32. The SMILES string of the molecule is CN=C(NCCCOCC1CCOCC1)NC(C)c1cccc2ccccc12.I. The molecule has 1 heterocycles. The molecule has 1 fully saturated rings. The number of rotatable bonds is 8. The summed E-state index contributed by atoms with van der Waals surface area (Å²) in [7, 11) is 1.81. The van der Waals surface area contributed by atoms with Crippen molar-refractivity contribution < 1.29 is 9.47 Å². The second kappa shape index (κ2) is 13.0. The van der Waals surface area contributed by atoms with E-state index in [4.69, 9.17) is 9.47 Å². The zero-order chi connectivity index (χ0) is 19.6. The summed E-state index contributed by atoms with van der Waals surface area (Å²) in [4.78, 5) is 4.36. The molecule has 1 aliphatic heterocycles. The second-order valence-corrected chi connectivity index (χ2v) is 7.42. The largest absolute Gasteiger partial charge is 0.381 e. The number of guanidine groups is 1. The summed E-state index contributed by atoms with van der Waals surface area (Å²) >= 11 is 0. The van der Waals surface area contributed by atoms with Crippen LogP contribution in [0.1, 0.15) is 37.8 Å². The van der Waals surface area contributed by atoms with Crippen LogP contribution in [0.2, 0.25) is 0 Å². The first kappa shape index (κ1) is 23.9. The van der Waals surface area contributed by atoms with Crippen LogP contribution in [-0.4, -0.2) is 46.0 Å². The Labute approximate surface area is 191 Å². The quantitative estimate of drug-likeness (QED) is 0.237. The van der Waals surface area contributed by atoms with Crippen LogP contribution in [0.3, 0.4) is 0 Å². The van der Waals surface area contributed by atoms with Crippen molar-refractivity contribution in [2.24, 2.45) is 10.9 Å². The predicted molar refractivity (Wildman–Crippen MR) is 131 cm³/mol. The molecular formula is C23H34IN3O2. The Hall–Kier alpha value is -1.38. The maximum atomic E-state index is 5.83. The molecule has 0 amide bonds.